The molecule has 0 radical (unpaired) electrons. The van der Waals surface area contributed by atoms with Crippen molar-refractivity contribution in [1.82, 2.24) is 4.98 Å². The van der Waals surface area contributed by atoms with Crippen molar-refractivity contribution in [2.24, 2.45) is 0 Å². The molecule has 0 saturated heterocycles. The molecule has 1 N–H and O–H groups in total. The molecule has 1 atom stereocenters. The SMILES string of the molecule is Cc1sc(C(O)Cc2cccnc2)cc1Br. The van der Waals surface area contributed by atoms with Crippen molar-refractivity contribution >= 4 is 27.3 Å². The van der Waals surface area contributed by atoms with Crippen molar-refractivity contribution < 1.29 is 5.11 Å². The van der Waals surface area contributed by atoms with E-state index in [-0.39, 0.29) is 0 Å². The zero-order valence-electron chi connectivity index (χ0n) is 8.85. The molecule has 0 aromatic carbocycles. The van der Waals surface area contributed by atoms with E-state index in [0.717, 1.165) is 14.9 Å². The average molecular weight is 298 g/mol. The van der Waals surface area contributed by atoms with Gasteiger partial charge in [-0.25, -0.2) is 0 Å². The molecule has 0 aliphatic rings. The van der Waals surface area contributed by atoms with Crippen LogP contribution in [0, 0.1) is 6.92 Å². The summed E-state index contributed by atoms with van der Waals surface area (Å²) >= 11 is 5.08. The normalized spacial score (nSPS) is 12.7. The van der Waals surface area contributed by atoms with Crippen molar-refractivity contribution in [3.05, 3.63) is 50.4 Å². The van der Waals surface area contributed by atoms with Crippen LogP contribution in [0.1, 0.15) is 21.4 Å². The van der Waals surface area contributed by atoms with Gasteiger partial charge in [-0.15, -0.1) is 11.3 Å². The van der Waals surface area contributed by atoms with E-state index in [1.54, 1.807) is 23.7 Å². The summed E-state index contributed by atoms with van der Waals surface area (Å²) in [6.07, 6.45) is 3.69. The molecule has 2 aromatic rings. The summed E-state index contributed by atoms with van der Waals surface area (Å²) in [5, 5.41) is 10.1. The molecule has 0 aliphatic carbocycles. The fraction of sp³-hybridized carbons (Fsp3) is 0.250. The summed E-state index contributed by atoms with van der Waals surface area (Å²) in [4.78, 5) is 6.23. The zero-order valence-corrected chi connectivity index (χ0v) is 11.3. The third kappa shape index (κ3) is 2.70. The van der Waals surface area contributed by atoms with Crippen molar-refractivity contribution in [1.29, 1.82) is 0 Å². The maximum absolute atomic E-state index is 10.1. The summed E-state index contributed by atoms with van der Waals surface area (Å²) in [6, 6.07) is 5.85. The maximum Gasteiger partial charge on any atom is 0.0923 e. The molecule has 4 heteroatoms. The zero-order chi connectivity index (χ0) is 11.5. The first-order chi connectivity index (χ1) is 7.66. The minimum absolute atomic E-state index is 0.445. The van der Waals surface area contributed by atoms with Crippen LogP contribution in [-0.2, 0) is 6.42 Å². The molecule has 2 heterocycles. The highest BCUT2D eigenvalue weighted by molar-refractivity contribution is 9.10. The Kier molecular flexibility index (Phi) is 3.74. The second kappa shape index (κ2) is 5.08. The van der Waals surface area contributed by atoms with Crippen LogP contribution in [0.2, 0.25) is 0 Å². The Labute approximate surface area is 107 Å². The van der Waals surface area contributed by atoms with Gasteiger partial charge in [0.15, 0.2) is 0 Å². The molecule has 2 aromatic heterocycles. The Hall–Kier alpha value is -0.710. The van der Waals surface area contributed by atoms with E-state index in [9.17, 15) is 5.11 Å². The van der Waals surface area contributed by atoms with Gasteiger partial charge < -0.3 is 5.11 Å². The second-order valence-corrected chi connectivity index (χ2v) is 5.78. The second-order valence-electron chi connectivity index (χ2n) is 3.63. The molecular formula is C12H12BrNOS. The van der Waals surface area contributed by atoms with Gasteiger partial charge in [0.25, 0.3) is 0 Å². The van der Waals surface area contributed by atoms with Crippen LogP contribution in [0.25, 0.3) is 0 Å². The van der Waals surface area contributed by atoms with Gasteiger partial charge in [-0.05, 0) is 40.5 Å². The van der Waals surface area contributed by atoms with Crippen LogP contribution in [0.5, 0.6) is 0 Å². The fourth-order valence-electron chi connectivity index (χ4n) is 1.49. The molecule has 84 valence electrons. The number of halogens is 1. The standard InChI is InChI=1S/C12H12BrNOS/c1-8-10(13)6-12(16-8)11(15)5-9-3-2-4-14-7-9/h2-4,6-7,11,15H,5H2,1H3. The van der Waals surface area contributed by atoms with E-state index in [4.69, 9.17) is 0 Å². The van der Waals surface area contributed by atoms with Crippen molar-refractivity contribution in [2.75, 3.05) is 0 Å². The smallest absolute Gasteiger partial charge is 0.0923 e. The lowest BCUT2D eigenvalue weighted by atomic mass is 10.1. The van der Waals surface area contributed by atoms with Gasteiger partial charge in [-0.1, -0.05) is 6.07 Å². The highest BCUT2D eigenvalue weighted by Gasteiger charge is 2.12. The first-order valence-electron chi connectivity index (χ1n) is 4.99. The molecule has 0 bridgehead atoms. The molecule has 0 spiro atoms. The Balaban J connectivity index is 2.11. The average Bonchev–Trinajstić information content (AvgIpc) is 2.61. The van der Waals surface area contributed by atoms with Gasteiger partial charge in [0.1, 0.15) is 0 Å². The minimum atomic E-state index is -0.445. The number of hydrogen-bond acceptors (Lipinski definition) is 3. The Morgan fingerprint density at radius 3 is 2.94 bits per heavy atom. The van der Waals surface area contributed by atoms with Gasteiger partial charge in [0.05, 0.1) is 6.10 Å². The van der Waals surface area contributed by atoms with Crippen LogP contribution in [-0.4, -0.2) is 10.1 Å². The summed E-state index contributed by atoms with van der Waals surface area (Å²) in [6.45, 7) is 2.04. The van der Waals surface area contributed by atoms with Crippen LogP contribution < -0.4 is 0 Å². The van der Waals surface area contributed by atoms with Crippen molar-refractivity contribution in [3.8, 4) is 0 Å². The summed E-state index contributed by atoms with van der Waals surface area (Å²) in [7, 11) is 0. The Morgan fingerprint density at radius 2 is 2.38 bits per heavy atom. The van der Waals surface area contributed by atoms with Gasteiger partial charge >= 0.3 is 0 Å². The summed E-state index contributed by atoms with van der Waals surface area (Å²) in [5.74, 6) is 0. The number of aliphatic hydroxyl groups is 1. The number of thiophene rings is 1. The molecule has 1 unspecified atom stereocenters. The number of rotatable bonds is 3. The first kappa shape index (κ1) is 11.8. The fourth-order valence-corrected chi connectivity index (χ4v) is 3.04. The van der Waals surface area contributed by atoms with E-state index < -0.39 is 6.10 Å². The predicted molar refractivity (Wildman–Crippen MR) is 69.7 cm³/mol. The van der Waals surface area contributed by atoms with E-state index >= 15 is 0 Å². The van der Waals surface area contributed by atoms with E-state index in [0.29, 0.717) is 6.42 Å². The highest BCUT2D eigenvalue weighted by atomic mass is 79.9. The quantitative estimate of drug-likeness (QED) is 0.941. The molecule has 2 nitrogen and oxygen atoms in total. The molecule has 0 amide bonds. The topological polar surface area (TPSA) is 33.1 Å². The van der Waals surface area contributed by atoms with Gasteiger partial charge in [0, 0.05) is 33.0 Å². The van der Waals surface area contributed by atoms with Gasteiger partial charge in [-0.3, -0.25) is 4.98 Å². The number of aryl methyl sites for hydroxylation is 1. The largest absolute Gasteiger partial charge is 0.387 e. The predicted octanol–water partition coefficient (Wildman–Crippen LogP) is 3.49. The monoisotopic (exact) mass is 297 g/mol. The Morgan fingerprint density at radius 1 is 1.56 bits per heavy atom. The third-order valence-electron chi connectivity index (χ3n) is 2.36. The number of aliphatic hydroxyl groups excluding tert-OH is 1. The molecule has 2 rings (SSSR count). The van der Waals surface area contributed by atoms with Crippen molar-refractivity contribution in [2.45, 2.75) is 19.4 Å². The number of aromatic nitrogens is 1. The lowest BCUT2D eigenvalue weighted by molar-refractivity contribution is 0.182. The maximum atomic E-state index is 10.1. The number of nitrogens with zero attached hydrogens (tertiary/aromatic N) is 1. The van der Waals surface area contributed by atoms with Crippen LogP contribution in [0.3, 0.4) is 0 Å². The van der Waals surface area contributed by atoms with E-state index in [2.05, 4.69) is 20.9 Å². The molecule has 16 heavy (non-hydrogen) atoms. The highest BCUT2D eigenvalue weighted by Crippen LogP contribution is 2.31. The molecule has 0 saturated carbocycles. The first-order valence-corrected chi connectivity index (χ1v) is 6.60. The van der Waals surface area contributed by atoms with E-state index in [1.165, 1.54) is 4.88 Å². The summed E-state index contributed by atoms with van der Waals surface area (Å²) in [5.41, 5.74) is 1.05. The lowest BCUT2D eigenvalue weighted by Crippen LogP contribution is -1.99. The van der Waals surface area contributed by atoms with Crippen LogP contribution in [0.15, 0.2) is 35.1 Å². The molecule has 0 aliphatic heterocycles. The minimum Gasteiger partial charge on any atom is -0.387 e. The summed E-state index contributed by atoms with van der Waals surface area (Å²) < 4.78 is 1.07. The van der Waals surface area contributed by atoms with Crippen LogP contribution >= 0.6 is 27.3 Å². The molecular weight excluding hydrogens is 286 g/mol. The van der Waals surface area contributed by atoms with Crippen LogP contribution in [0.4, 0.5) is 0 Å². The third-order valence-corrected chi connectivity index (χ3v) is 4.59. The number of pyridine rings is 1. The number of hydrogen-bond donors (Lipinski definition) is 1. The van der Waals surface area contributed by atoms with Gasteiger partial charge in [-0.2, -0.15) is 0 Å². The lowest BCUT2D eigenvalue weighted by Gasteiger charge is -2.07. The van der Waals surface area contributed by atoms with E-state index in [1.807, 2.05) is 25.1 Å². The van der Waals surface area contributed by atoms with Gasteiger partial charge in [0.2, 0.25) is 0 Å². The Bertz CT molecular complexity index is 450. The van der Waals surface area contributed by atoms with Crippen molar-refractivity contribution in [3.63, 3.8) is 0 Å². The molecule has 0 fully saturated rings.